The number of hydrogen-bond acceptors (Lipinski definition) is 4. The number of nitrogens with one attached hydrogen (secondary N) is 2. The maximum Gasteiger partial charge on any atom is 0.428 e. The minimum atomic E-state index is -0.781. The molecule has 1 aromatic carbocycles. The van der Waals surface area contributed by atoms with Gasteiger partial charge in [0.05, 0.1) is 6.61 Å². The average molecular weight is 307 g/mol. The number of hydrogen-bond donors (Lipinski definition) is 2. The first-order chi connectivity index (χ1) is 10.4. The van der Waals surface area contributed by atoms with Crippen LogP contribution in [0.1, 0.15) is 19.4 Å². The van der Waals surface area contributed by atoms with E-state index in [0.717, 1.165) is 10.6 Å². The summed E-state index contributed by atoms with van der Waals surface area (Å²) in [6.07, 6.45) is -0.347. The third-order valence-corrected chi connectivity index (χ3v) is 2.80. The van der Waals surface area contributed by atoms with Crippen LogP contribution in [0.25, 0.3) is 0 Å². The first kappa shape index (κ1) is 17.5. The maximum absolute atomic E-state index is 12.2. The van der Waals surface area contributed by atoms with Gasteiger partial charge in [0.1, 0.15) is 6.04 Å². The van der Waals surface area contributed by atoms with Gasteiger partial charge in [-0.1, -0.05) is 30.3 Å². The molecule has 1 aromatic rings. The first-order valence-corrected chi connectivity index (χ1v) is 6.96. The molecule has 0 saturated carbocycles. The molecule has 0 aliphatic carbocycles. The molecule has 1 rings (SSSR count). The normalized spacial score (nSPS) is 11.2. The van der Waals surface area contributed by atoms with Gasteiger partial charge in [-0.2, -0.15) is 0 Å². The minimum Gasteiger partial charge on any atom is -0.449 e. The Morgan fingerprint density at radius 2 is 1.86 bits per heavy atom. The van der Waals surface area contributed by atoms with Gasteiger partial charge in [0.25, 0.3) is 5.91 Å². The van der Waals surface area contributed by atoms with Crippen molar-refractivity contribution in [3.8, 4) is 0 Å². The van der Waals surface area contributed by atoms with E-state index in [-0.39, 0.29) is 12.5 Å². The molecule has 0 heterocycles. The van der Waals surface area contributed by atoms with Crippen molar-refractivity contribution in [3.63, 3.8) is 0 Å². The highest BCUT2D eigenvalue weighted by atomic mass is 16.6. The maximum atomic E-state index is 12.2. The number of ether oxygens (including phenoxy) is 1. The van der Waals surface area contributed by atoms with Crippen molar-refractivity contribution in [1.82, 2.24) is 15.8 Å². The molecule has 0 aliphatic heterocycles. The first-order valence-electron chi connectivity index (χ1n) is 6.96. The molecule has 22 heavy (non-hydrogen) atoms. The van der Waals surface area contributed by atoms with E-state index < -0.39 is 18.0 Å². The lowest BCUT2D eigenvalue weighted by molar-refractivity contribution is -0.130. The monoisotopic (exact) mass is 307 g/mol. The third-order valence-electron chi connectivity index (χ3n) is 2.80. The Morgan fingerprint density at radius 3 is 2.41 bits per heavy atom. The van der Waals surface area contributed by atoms with E-state index in [9.17, 15) is 14.4 Å². The second-order valence-electron chi connectivity index (χ2n) is 4.68. The molecule has 0 aliphatic rings. The number of carbonyl (C=O) groups is 3. The molecule has 0 fully saturated rings. The average Bonchev–Trinajstić information content (AvgIpc) is 2.47. The highest BCUT2D eigenvalue weighted by Gasteiger charge is 2.22. The van der Waals surface area contributed by atoms with E-state index in [1.807, 2.05) is 30.3 Å². The van der Waals surface area contributed by atoms with Gasteiger partial charge in [0, 0.05) is 20.4 Å². The van der Waals surface area contributed by atoms with Crippen molar-refractivity contribution >= 4 is 17.9 Å². The summed E-state index contributed by atoms with van der Waals surface area (Å²) in [7, 11) is 1.38. The standard InChI is InChI=1S/C15H21N3O4/c1-4-22-15(21)18(3)17-14(20)13(16-11(2)19)10-12-8-6-5-7-9-12/h5-9,13H,4,10H2,1-3H3,(H,16,19)(H,17,20)/t13-/m0/s1. The quantitative estimate of drug-likeness (QED) is 0.790. The highest BCUT2D eigenvalue weighted by molar-refractivity contribution is 5.88. The van der Waals surface area contributed by atoms with Crippen molar-refractivity contribution in [1.29, 1.82) is 0 Å². The van der Waals surface area contributed by atoms with Gasteiger partial charge in [0.2, 0.25) is 5.91 Å². The number of hydrazine groups is 1. The van der Waals surface area contributed by atoms with Crippen LogP contribution in [0.15, 0.2) is 30.3 Å². The summed E-state index contributed by atoms with van der Waals surface area (Å²) >= 11 is 0. The van der Waals surface area contributed by atoms with Gasteiger partial charge in [-0.05, 0) is 12.5 Å². The van der Waals surface area contributed by atoms with Gasteiger partial charge < -0.3 is 10.1 Å². The van der Waals surface area contributed by atoms with Crippen molar-refractivity contribution < 1.29 is 19.1 Å². The van der Waals surface area contributed by atoms with E-state index in [1.54, 1.807) is 6.92 Å². The van der Waals surface area contributed by atoms with Gasteiger partial charge in [-0.15, -0.1) is 0 Å². The number of rotatable bonds is 5. The number of carbonyl (C=O) groups excluding carboxylic acids is 3. The largest absolute Gasteiger partial charge is 0.449 e. The van der Waals surface area contributed by atoms with Crippen molar-refractivity contribution in [2.75, 3.05) is 13.7 Å². The summed E-state index contributed by atoms with van der Waals surface area (Å²) < 4.78 is 4.77. The lowest BCUT2D eigenvalue weighted by Crippen LogP contribution is -2.53. The fourth-order valence-electron chi connectivity index (χ4n) is 1.81. The molecule has 0 aromatic heterocycles. The molecule has 0 saturated heterocycles. The lowest BCUT2D eigenvalue weighted by atomic mass is 10.1. The second-order valence-corrected chi connectivity index (χ2v) is 4.68. The Hall–Kier alpha value is -2.57. The molecule has 120 valence electrons. The van der Waals surface area contributed by atoms with Crippen molar-refractivity contribution in [2.45, 2.75) is 26.3 Å². The fourth-order valence-corrected chi connectivity index (χ4v) is 1.81. The molecule has 3 amide bonds. The zero-order valence-electron chi connectivity index (χ0n) is 13.0. The number of amides is 3. The van der Waals surface area contributed by atoms with E-state index in [1.165, 1.54) is 14.0 Å². The predicted octanol–water partition coefficient (Wildman–Crippen LogP) is 0.853. The van der Waals surface area contributed by atoms with Crippen LogP contribution in [0.3, 0.4) is 0 Å². The topological polar surface area (TPSA) is 87.7 Å². The molecule has 2 N–H and O–H groups in total. The van der Waals surface area contributed by atoms with E-state index in [2.05, 4.69) is 10.7 Å². The zero-order valence-corrected chi connectivity index (χ0v) is 13.0. The van der Waals surface area contributed by atoms with Crippen LogP contribution in [-0.4, -0.2) is 42.6 Å². The Bertz CT molecular complexity index is 519. The molecular formula is C15H21N3O4. The van der Waals surface area contributed by atoms with Gasteiger partial charge in [-0.25, -0.2) is 9.80 Å². The van der Waals surface area contributed by atoms with Crippen molar-refractivity contribution in [3.05, 3.63) is 35.9 Å². The summed E-state index contributed by atoms with van der Waals surface area (Å²) in [5.41, 5.74) is 3.29. The minimum absolute atomic E-state index is 0.207. The van der Waals surface area contributed by atoms with Gasteiger partial charge in [-0.3, -0.25) is 15.0 Å². The zero-order chi connectivity index (χ0) is 16.5. The molecule has 0 unspecified atom stereocenters. The predicted molar refractivity (Wildman–Crippen MR) is 80.7 cm³/mol. The van der Waals surface area contributed by atoms with E-state index in [0.29, 0.717) is 6.42 Å². The van der Waals surface area contributed by atoms with E-state index in [4.69, 9.17) is 4.74 Å². The molecule has 0 bridgehead atoms. The summed E-state index contributed by atoms with van der Waals surface area (Å²) in [5, 5.41) is 3.52. The highest BCUT2D eigenvalue weighted by Crippen LogP contribution is 2.04. The van der Waals surface area contributed by atoms with Gasteiger partial charge >= 0.3 is 6.09 Å². The van der Waals surface area contributed by atoms with Crippen molar-refractivity contribution in [2.24, 2.45) is 0 Å². The summed E-state index contributed by atoms with van der Waals surface area (Å²) in [4.78, 5) is 35.0. The van der Waals surface area contributed by atoms with Crippen LogP contribution in [0.5, 0.6) is 0 Å². The summed E-state index contributed by atoms with van der Waals surface area (Å²) in [6.45, 7) is 3.21. The van der Waals surface area contributed by atoms with Crippen LogP contribution >= 0.6 is 0 Å². The van der Waals surface area contributed by atoms with Crippen LogP contribution < -0.4 is 10.7 Å². The Balaban J connectivity index is 2.72. The smallest absolute Gasteiger partial charge is 0.428 e. The van der Waals surface area contributed by atoms with E-state index >= 15 is 0 Å². The van der Waals surface area contributed by atoms with Crippen LogP contribution in [0, 0.1) is 0 Å². The summed E-state index contributed by atoms with van der Waals surface area (Å²) in [5.74, 6) is -0.815. The molecule has 7 heteroatoms. The van der Waals surface area contributed by atoms with Gasteiger partial charge in [0.15, 0.2) is 0 Å². The Morgan fingerprint density at radius 1 is 1.23 bits per heavy atom. The second kappa shape index (κ2) is 8.66. The molecule has 0 spiro atoms. The lowest BCUT2D eigenvalue weighted by Gasteiger charge is -2.22. The molecule has 1 atom stereocenters. The third kappa shape index (κ3) is 5.82. The number of benzene rings is 1. The van der Waals surface area contributed by atoms with Crippen LogP contribution in [0.2, 0.25) is 0 Å². The molecule has 7 nitrogen and oxygen atoms in total. The SMILES string of the molecule is CCOC(=O)N(C)NC(=O)[C@H](Cc1ccccc1)NC(C)=O. The molecular weight excluding hydrogens is 286 g/mol. The van der Waals surface area contributed by atoms with Crippen LogP contribution in [0.4, 0.5) is 4.79 Å². The summed E-state index contributed by atoms with van der Waals surface area (Å²) in [6, 6.07) is 8.50. The fraction of sp³-hybridized carbons (Fsp3) is 0.400. The van der Waals surface area contributed by atoms with Crippen LogP contribution in [-0.2, 0) is 20.7 Å². The molecule has 0 radical (unpaired) electrons. The Labute approximate surface area is 129 Å². The Kier molecular flexibility index (Phi) is 6.88. The number of nitrogens with zero attached hydrogens (tertiary/aromatic N) is 1.